The zero-order chi connectivity index (χ0) is 13.0. The molecule has 1 spiro atoms. The summed E-state index contributed by atoms with van der Waals surface area (Å²) in [5.41, 5.74) is 6.11. The van der Waals surface area contributed by atoms with Gasteiger partial charge in [-0.15, -0.1) is 0 Å². The number of hydrogen-bond acceptors (Lipinski definition) is 4. The Morgan fingerprint density at radius 2 is 2.06 bits per heavy atom. The minimum absolute atomic E-state index is 0.0257. The Kier molecular flexibility index (Phi) is 2.40. The first kappa shape index (κ1) is 12.1. The van der Waals surface area contributed by atoms with E-state index in [1.54, 1.807) is 12.1 Å². The van der Waals surface area contributed by atoms with Crippen LogP contribution in [0.2, 0.25) is 0 Å². The number of aliphatic hydroxyl groups excluding tert-OH is 1. The van der Waals surface area contributed by atoms with Crippen molar-refractivity contribution in [2.75, 3.05) is 18.9 Å². The van der Waals surface area contributed by atoms with E-state index in [4.69, 9.17) is 5.73 Å². The first-order valence-electron chi connectivity index (χ1n) is 6.15. The Morgan fingerprint density at radius 3 is 2.67 bits per heavy atom. The van der Waals surface area contributed by atoms with Crippen LogP contribution in [0.4, 0.5) is 0 Å². The van der Waals surface area contributed by atoms with Gasteiger partial charge in [-0.3, -0.25) is 0 Å². The first-order chi connectivity index (χ1) is 8.51. The Morgan fingerprint density at radius 1 is 1.33 bits per heavy atom. The van der Waals surface area contributed by atoms with Gasteiger partial charge in [0.1, 0.15) is 0 Å². The predicted octanol–water partition coefficient (Wildman–Crippen LogP) is 0.443. The van der Waals surface area contributed by atoms with Crippen LogP contribution in [0.5, 0.6) is 0 Å². The molecule has 2 unspecified atom stereocenters. The molecule has 18 heavy (non-hydrogen) atoms. The summed E-state index contributed by atoms with van der Waals surface area (Å²) in [6.45, 7) is 0.426. The van der Waals surface area contributed by atoms with Crippen LogP contribution in [0.25, 0.3) is 0 Å². The molecule has 1 aromatic carbocycles. The maximum Gasteiger partial charge on any atom is 0.178 e. The minimum Gasteiger partial charge on any atom is -0.396 e. The lowest BCUT2D eigenvalue weighted by molar-refractivity contribution is 0.192. The molecule has 1 fully saturated rings. The van der Waals surface area contributed by atoms with Crippen molar-refractivity contribution < 1.29 is 13.5 Å². The van der Waals surface area contributed by atoms with Crippen LogP contribution >= 0.6 is 0 Å². The van der Waals surface area contributed by atoms with Crippen molar-refractivity contribution in [3.63, 3.8) is 0 Å². The third-order valence-electron chi connectivity index (χ3n) is 4.76. The topological polar surface area (TPSA) is 80.4 Å². The summed E-state index contributed by atoms with van der Waals surface area (Å²) in [6, 6.07) is 7.15. The second-order valence-corrected chi connectivity index (χ2v) is 7.54. The maximum atomic E-state index is 12.1. The van der Waals surface area contributed by atoms with Crippen molar-refractivity contribution >= 4 is 9.84 Å². The largest absolute Gasteiger partial charge is 0.396 e. The fraction of sp³-hybridized carbons (Fsp3) is 0.538. The summed E-state index contributed by atoms with van der Waals surface area (Å²) in [4.78, 5) is 0.431. The van der Waals surface area contributed by atoms with Crippen LogP contribution in [-0.4, -0.2) is 32.4 Å². The van der Waals surface area contributed by atoms with Crippen LogP contribution < -0.4 is 5.73 Å². The van der Waals surface area contributed by atoms with E-state index in [1.165, 1.54) is 0 Å². The Bertz CT molecular complexity index is 592. The smallest absolute Gasteiger partial charge is 0.178 e. The molecule has 3 N–H and O–H groups in total. The molecule has 1 aliphatic carbocycles. The average Bonchev–Trinajstić information content (AvgIpc) is 3.05. The highest BCUT2D eigenvalue weighted by Crippen LogP contribution is 2.68. The van der Waals surface area contributed by atoms with Crippen LogP contribution in [0.1, 0.15) is 18.4 Å². The molecular weight excluding hydrogens is 250 g/mol. The van der Waals surface area contributed by atoms with Crippen LogP contribution in [0.3, 0.4) is 0 Å². The molecule has 5 heteroatoms. The zero-order valence-electron chi connectivity index (χ0n) is 10.1. The molecule has 2 aliphatic rings. The summed E-state index contributed by atoms with van der Waals surface area (Å²) < 4.78 is 24.2. The third-order valence-corrected chi connectivity index (χ3v) is 6.53. The van der Waals surface area contributed by atoms with Gasteiger partial charge in [-0.1, -0.05) is 18.2 Å². The van der Waals surface area contributed by atoms with Gasteiger partial charge < -0.3 is 10.8 Å². The third kappa shape index (κ3) is 1.30. The molecule has 2 atom stereocenters. The molecule has 98 valence electrons. The normalized spacial score (nSPS) is 36.3. The summed E-state index contributed by atoms with van der Waals surface area (Å²) in [6.07, 6.45) is 1.36. The molecule has 0 amide bonds. The highest BCUT2D eigenvalue weighted by Gasteiger charge is 2.68. The number of nitrogens with two attached hydrogens (primary N) is 1. The van der Waals surface area contributed by atoms with E-state index in [0.29, 0.717) is 17.9 Å². The summed E-state index contributed by atoms with van der Waals surface area (Å²) in [7, 11) is -3.16. The van der Waals surface area contributed by atoms with E-state index in [-0.39, 0.29) is 23.2 Å². The van der Waals surface area contributed by atoms with E-state index in [1.807, 2.05) is 12.1 Å². The van der Waals surface area contributed by atoms with Gasteiger partial charge in [0.2, 0.25) is 0 Å². The van der Waals surface area contributed by atoms with Crippen LogP contribution in [0, 0.1) is 5.41 Å². The number of sulfone groups is 1. The standard InChI is InChI=1S/C13H17NO3S/c14-8-12(9-15)7-13(12)5-6-18(16,17)11-4-2-1-3-10(11)13/h1-4,15H,5-9,14H2. The van der Waals surface area contributed by atoms with E-state index in [9.17, 15) is 13.5 Å². The van der Waals surface area contributed by atoms with E-state index in [0.717, 1.165) is 12.0 Å². The highest BCUT2D eigenvalue weighted by atomic mass is 32.2. The van der Waals surface area contributed by atoms with E-state index in [2.05, 4.69) is 0 Å². The molecule has 1 heterocycles. The number of benzene rings is 1. The molecule has 0 aromatic heterocycles. The molecule has 3 rings (SSSR count). The molecule has 4 nitrogen and oxygen atoms in total. The lowest BCUT2D eigenvalue weighted by Gasteiger charge is -2.30. The monoisotopic (exact) mass is 267 g/mol. The molecule has 1 aromatic rings. The second-order valence-electron chi connectivity index (χ2n) is 5.47. The molecule has 1 saturated carbocycles. The fourth-order valence-corrected chi connectivity index (χ4v) is 5.22. The van der Waals surface area contributed by atoms with E-state index >= 15 is 0 Å². The summed E-state index contributed by atoms with van der Waals surface area (Å²) in [5.74, 6) is 0.158. The molecule has 0 radical (unpaired) electrons. The van der Waals surface area contributed by atoms with Gasteiger partial charge in [0, 0.05) is 17.4 Å². The quantitative estimate of drug-likeness (QED) is 0.815. The van der Waals surface area contributed by atoms with Crippen molar-refractivity contribution in [3.05, 3.63) is 29.8 Å². The highest BCUT2D eigenvalue weighted by molar-refractivity contribution is 7.91. The van der Waals surface area contributed by atoms with Crippen LogP contribution in [0.15, 0.2) is 29.2 Å². The van der Waals surface area contributed by atoms with Gasteiger partial charge in [0.25, 0.3) is 0 Å². The Balaban J connectivity index is 2.19. The SMILES string of the molecule is NCC1(CO)CC12CCS(=O)(=O)c1ccccc12. The predicted molar refractivity (Wildman–Crippen MR) is 68.0 cm³/mol. The van der Waals surface area contributed by atoms with Crippen molar-refractivity contribution in [2.45, 2.75) is 23.2 Å². The summed E-state index contributed by atoms with van der Waals surface area (Å²) in [5, 5.41) is 9.60. The van der Waals surface area contributed by atoms with E-state index < -0.39 is 9.84 Å². The summed E-state index contributed by atoms with van der Waals surface area (Å²) >= 11 is 0. The van der Waals surface area contributed by atoms with Gasteiger partial charge in [-0.25, -0.2) is 8.42 Å². The van der Waals surface area contributed by atoms with Gasteiger partial charge in [-0.05, 0) is 24.5 Å². The molecular formula is C13H17NO3S. The Hall–Kier alpha value is -0.910. The fourth-order valence-electron chi connectivity index (χ4n) is 3.49. The second kappa shape index (κ2) is 3.56. The molecule has 1 aliphatic heterocycles. The minimum atomic E-state index is -3.16. The zero-order valence-corrected chi connectivity index (χ0v) is 10.9. The lowest BCUT2D eigenvalue weighted by atomic mass is 9.83. The number of hydrogen-bond donors (Lipinski definition) is 2. The maximum absolute atomic E-state index is 12.1. The lowest BCUT2D eigenvalue weighted by Crippen LogP contribution is -2.35. The van der Waals surface area contributed by atoms with Crippen LogP contribution in [-0.2, 0) is 15.3 Å². The number of fused-ring (bicyclic) bond motifs is 2. The Labute approximate surface area is 107 Å². The number of aliphatic hydroxyl groups is 1. The van der Waals surface area contributed by atoms with Gasteiger partial charge in [-0.2, -0.15) is 0 Å². The first-order valence-corrected chi connectivity index (χ1v) is 7.80. The molecule has 0 saturated heterocycles. The number of rotatable bonds is 2. The van der Waals surface area contributed by atoms with Gasteiger partial charge in [0.05, 0.1) is 17.3 Å². The van der Waals surface area contributed by atoms with Crippen molar-refractivity contribution in [1.29, 1.82) is 0 Å². The van der Waals surface area contributed by atoms with Gasteiger partial charge >= 0.3 is 0 Å². The average molecular weight is 267 g/mol. The van der Waals surface area contributed by atoms with Crippen molar-refractivity contribution in [1.82, 2.24) is 0 Å². The molecule has 0 bridgehead atoms. The van der Waals surface area contributed by atoms with Gasteiger partial charge in [0.15, 0.2) is 9.84 Å². The van der Waals surface area contributed by atoms with Crippen molar-refractivity contribution in [3.8, 4) is 0 Å². The van der Waals surface area contributed by atoms with Crippen molar-refractivity contribution in [2.24, 2.45) is 11.1 Å².